The lowest BCUT2D eigenvalue weighted by Gasteiger charge is -2.31. The van der Waals surface area contributed by atoms with Crippen LogP contribution in [0.1, 0.15) is 13.3 Å². The molecule has 14 N–H and O–H groups in total. The van der Waals surface area contributed by atoms with Gasteiger partial charge in [-0.3, -0.25) is 0 Å². The van der Waals surface area contributed by atoms with Crippen LogP contribution in [0.2, 0.25) is 0 Å². The van der Waals surface area contributed by atoms with Crippen molar-refractivity contribution in [2.45, 2.75) is 13.3 Å². The highest BCUT2D eigenvalue weighted by Crippen LogP contribution is 2.20. The molecule has 20 nitrogen and oxygen atoms in total. The van der Waals surface area contributed by atoms with Crippen molar-refractivity contribution in [3.63, 3.8) is 0 Å². The minimum Gasteiger partial charge on any atom is -0.478 e. The smallest absolute Gasteiger partial charge is 0.327 e. The van der Waals surface area contributed by atoms with Crippen molar-refractivity contribution in [2.75, 3.05) is 72.7 Å². The molecule has 0 radical (unpaired) electrons. The van der Waals surface area contributed by atoms with Gasteiger partial charge >= 0.3 is 29.8 Å². The summed E-state index contributed by atoms with van der Waals surface area (Å²) >= 11 is 0. The average molecular weight is 749 g/mol. The molecule has 0 aromatic carbocycles. The maximum absolute atomic E-state index is 9.25. The Kier molecular flexibility index (Phi) is 50.7. The van der Waals surface area contributed by atoms with Crippen molar-refractivity contribution >= 4 is 29.8 Å². The van der Waals surface area contributed by atoms with Crippen LogP contribution in [0.5, 0.6) is 0 Å². The first kappa shape index (κ1) is 61.8. The monoisotopic (exact) mass is 748 g/mol. The number of ether oxygens (including phenoxy) is 1. The summed E-state index contributed by atoms with van der Waals surface area (Å²) in [6, 6.07) is 0. The number of aliphatic hydroxyl groups excluding tert-OH is 9. The Morgan fingerprint density at radius 1 is 0.412 bits per heavy atom. The van der Waals surface area contributed by atoms with E-state index in [0.29, 0.717) is 6.42 Å². The molecule has 0 amide bonds. The van der Waals surface area contributed by atoms with Gasteiger partial charge in [0.05, 0.1) is 83.5 Å². The van der Waals surface area contributed by atoms with Crippen LogP contribution in [-0.2, 0) is 28.7 Å². The largest absolute Gasteiger partial charge is 0.478 e. The maximum atomic E-state index is 9.25. The second kappa shape index (κ2) is 41.8. The van der Waals surface area contributed by atoms with Gasteiger partial charge in [0.25, 0.3) is 0 Å². The average Bonchev–Trinajstić information content (AvgIpc) is 3.14. The molecule has 0 spiro atoms. The maximum Gasteiger partial charge on any atom is 0.327 e. The van der Waals surface area contributed by atoms with Crippen LogP contribution in [0.15, 0.2) is 63.3 Å². The van der Waals surface area contributed by atoms with Gasteiger partial charge in [-0.25, -0.2) is 24.0 Å². The Morgan fingerprint density at radius 3 is 0.608 bits per heavy atom. The molecule has 0 aromatic heterocycles. The predicted molar refractivity (Wildman–Crippen MR) is 181 cm³/mol. The zero-order valence-corrected chi connectivity index (χ0v) is 28.6. The standard InChI is InChI=1S/C10H22O7.C6H14O3.5C3H4O2/c11-1-9(2-12,3-13)7-17-8-10(4-14,5-15)6-16;1-2-6(3-7,4-8)5-9;5*1-2-3(4)5/h11-16H,1-8H2;7-9H,2-5H2,1H3;5*2H,1H2,(H,4,5). The van der Waals surface area contributed by atoms with Crippen LogP contribution in [0.3, 0.4) is 0 Å². The van der Waals surface area contributed by atoms with Gasteiger partial charge in [0.15, 0.2) is 0 Å². The fourth-order valence-electron chi connectivity index (χ4n) is 1.54. The van der Waals surface area contributed by atoms with Crippen LogP contribution in [0.4, 0.5) is 0 Å². The summed E-state index contributed by atoms with van der Waals surface area (Å²) in [5.41, 5.74) is -2.99. The molecule has 0 saturated carbocycles. The summed E-state index contributed by atoms with van der Waals surface area (Å²) in [6.45, 7) is 13.2. The predicted octanol–water partition coefficient (Wildman–Crippen LogP) is -2.43. The fraction of sp³-hybridized carbons (Fsp3) is 0.516. The van der Waals surface area contributed by atoms with Crippen molar-refractivity contribution in [3.8, 4) is 0 Å². The minimum absolute atomic E-state index is 0.141. The van der Waals surface area contributed by atoms with E-state index in [0.717, 1.165) is 30.4 Å². The van der Waals surface area contributed by atoms with Crippen LogP contribution in [0, 0.1) is 16.2 Å². The van der Waals surface area contributed by atoms with Crippen molar-refractivity contribution < 1.29 is 100 Å². The van der Waals surface area contributed by atoms with Crippen molar-refractivity contribution in [3.05, 3.63) is 63.3 Å². The molecule has 300 valence electrons. The zero-order chi connectivity index (χ0) is 42.1. The van der Waals surface area contributed by atoms with E-state index < -0.39 is 85.7 Å². The number of carbonyl (C=O) groups is 5. The number of hydrogen-bond acceptors (Lipinski definition) is 15. The second-order valence-corrected chi connectivity index (χ2v) is 9.48. The van der Waals surface area contributed by atoms with E-state index in [4.69, 9.17) is 76.2 Å². The quantitative estimate of drug-likeness (QED) is 0.0611. The number of carboxylic acids is 5. The van der Waals surface area contributed by atoms with E-state index in [1.807, 2.05) is 6.92 Å². The lowest BCUT2D eigenvalue weighted by molar-refractivity contribution is -0.132. The lowest BCUT2D eigenvalue weighted by atomic mass is 9.88. The molecule has 0 aliphatic carbocycles. The third-order valence-electron chi connectivity index (χ3n) is 5.46. The molecule has 0 rings (SSSR count). The summed E-state index contributed by atoms with van der Waals surface area (Å²) in [6.07, 6.45) is 4.76. The third kappa shape index (κ3) is 45.7. The van der Waals surface area contributed by atoms with Crippen LogP contribution in [0.25, 0.3) is 0 Å². The van der Waals surface area contributed by atoms with E-state index in [1.54, 1.807) is 0 Å². The number of rotatable bonds is 19. The zero-order valence-electron chi connectivity index (χ0n) is 28.6. The molecule has 0 saturated heterocycles. The van der Waals surface area contributed by atoms with Gasteiger partial charge in [-0.1, -0.05) is 39.8 Å². The summed E-state index contributed by atoms with van der Waals surface area (Å²) < 4.78 is 5.15. The highest BCUT2D eigenvalue weighted by Gasteiger charge is 2.32. The van der Waals surface area contributed by atoms with Gasteiger partial charge in [-0.2, -0.15) is 0 Å². The molecule has 0 aliphatic rings. The van der Waals surface area contributed by atoms with Crippen molar-refractivity contribution in [1.82, 2.24) is 0 Å². The third-order valence-corrected chi connectivity index (χ3v) is 5.46. The first-order valence-corrected chi connectivity index (χ1v) is 14.0. The number of aliphatic hydroxyl groups is 9. The second-order valence-electron chi connectivity index (χ2n) is 9.48. The molecule has 51 heavy (non-hydrogen) atoms. The first-order chi connectivity index (χ1) is 23.7. The molecule has 0 heterocycles. The number of carboxylic acid groups (broad SMARTS) is 5. The van der Waals surface area contributed by atoms with E-state index in [1.165, 1.54) is 0 Å². The van der Waals surface area contributed by atoms with E-state index in [-0.39, 0.29) is 33.0 Å². The van der Waals surface area contributed by atoms with Crippen molar-refractivity contribution in [1.29, 1.82) is 0 Å². The van der Waals surface area contributed by atoms with Gasteiger partial charge in [0, 0.05) is 35.8 Å². The van der Waals surface area contributed by atoms with Gasteiger partial charge < -0.3 is 76.2 Å². The van der Waals surface area contributed by atoms with Gasteiger partial charge in [0.1, 0.15) is 0 Å². The molecule has 0 aromatic rings. The SMILES string of the molecule is C=CC(=O)O.C=CC(=O)O.C=CC(=O)O.C=CC(=O)O.C=CC(=O)O.CCC(CO)(CO)CO.OCC(CO)(CO)COCC(CO)(CO)CO. The van der Waals surface area contributed by atoms with Gasteiger partial charge in [-0.05, 0) is 6.42 Å². The Morgan fingerprint density at radius 2 is 0.549 bits per heavy atom. The normalized spacial score (nSPS) is 9.61. The molecular formula is C31H56O20. The van der Waals surface area contributed by atoms with E-state index in [2.05, 4.69) is 32.9 Å². The van der Waals surface area contributed by atoms with Crippen LogP contribution in [-0.4, -0.2) is 174 Å². The molecule has 0 fully saturated rings. The number of aliphatic carboxylic acids is 5. The molecule has 0 unspecified atom stereocenters. The van der Waals surface area contributed by atoms with E-state index in [9.17, 15) is 24.0 Å². The van der Waals surface area contributed by atoms with Gasteiger partial charge in [0.2, 0.25) is 0 Å². The molecule has 0 atom stereocenters. The summed E-state index contributed by atoms with van der Waals surface area (Å²) in [7, 11) is 0. The molecule has 0 bridgehead atoms. The Hall–Kier alpha value is -4.35. The number of hydrogen-bond donors (Lipinski definition) is 14. The van der Waals surface area contributed by atoms with Crippen LogP contribution >= 0.6 is 0 Å². The summed E-state index contributed by atoms with van der Waals surface area (Å²) in [4.78, 5) is 46.2. The Balaban J connectivity index is -0.0000000964. The van der Waals surface area contributed by atoms with E-state index >= 15 is 0 Å². The summed E-state index contributed by atoms with van der Waals surface area (Å²) in [5, 5.41) is 118. The highest BCUT2D eigenvalue weighted by atomic mass is 16.5. The van der Waals surface area contributed by atoms with Gasteiger partial charge in [-0.15, -0.1) is 0 Å². The topological polar surface area (TPSA) is 378 Å². The summed E-state index contributed by atoms with van der Waals surface area (Å²) in [5.74, 6) is -4.91. The molecular weight excluding hydrogens is 692 g/mol. The lowest BCUT2D eigenvalue weighted by Crippen LogP contribution is -2.43. The molecule has 20 heteroatoms. The highest BCUT2D eigenvalue weighted by molar-refractivity contribution is 5.80. The Labute approximate surface area is 295 Å². The van der Waals surface area contributed by atoms with Crippen molar-refractivity contribution in [2.24, 2.45) is 16.2 Å². The Bertz CT molecular complexity index is 792. The minimum atomic E-state index is -1.16. The van der Waals surface area contributed by atoms with Crippen LogP contribution < -0.4 is 0 Å². The molecule has 0 aliphatic heterocycles. The first-order valence-electron chi connectivity index (χ1n) is 14.0. The fourth-order valence-corrected chi connectivity index (χ4v) is 1.54.